The molecule has 1 saturated heterocycles. The second-order valence-electron chi connectivity index (χ2n) is 4.05. The minimum atomic E-state index is -0.841. The molecule has 3 N–H and O–H groups in total. The van der Waals surface area contributed by atoms with Crippen LogP contribution >= 0.6 is 0 Å². The van der Waals surface area contributed by atoms with Gasteiger partial charge in [0.1, 0.15) is 0 Å². The van der Waals surface area contributed by atoms with Gasteiger partial charge in [-0.05, 0) is 5.92 Å². The highest BCUT2D eigenvalue weighted by Crippen LogP contribution is 2.17. The minimum absolute atomic E-state index is 0.0892. The average Bonchev–Trinajstić information content (AvgIpc) is 1.98. The third-order valence-corrected chi connectivity index (χ3v) is 2.55. The number of hydrogen-bond acceptors (Lipinski definition) is 3. The van der Waals surface area contributed by atoms with E-state index in [2.05, 4.69) is 0 Å². The molecular weight excluding hydrogens is 184 g/mol. The first-order valence-electron chi connectivity index (χ1n) is 4.70. The molecule has 5 nitrogen and oxygen atoms in total. The molecule has 0 bridgehead atoms. The van der Waals surface area contributed by atoms with E-state index in [4.69, 9.17) is 10.8 Å². The molecule has 80 valence electrons. The van der Waals surface area contributed by atoms with Crippen molar-refractivity contribution >= 4 is 11.9 Å². The van der Waals surface area contributed by atoms with Gasteiger partial charge in [-0.1, -0.05) is 13.8 Å². The van der Waals surface area contributed by atoms with Gasteiger partial charge in [0.05, 0.1) is 12.0 Å². The summed E-state index contributed by atoms with van der Waals surface area (Å²) in [6.45, 7) is 4.34. The molecule has 0 aromatic heterocycles. The second-order valence-corrected chi connectivity index (χ2v) is 4.05. The van der Waals surface area contributed by atoms with Gasteiger partial charge in [0.15, 0.2) is 0 Å². The standard InChI is InChI=1S/C9H16N2O3/c1-5(2)7(10)8(12)11-3-6(4-11)9(13)14/h5-7H,3-4,10H2,1-2H3,(H,13,14)/t7-/m0/s1. The van der Waals surface area contributed by atoms with Gasteiger partial charge in [0.2, 0.25) is 5.91 Å². The maximum absolute atomic E-state index is 11.5. The van der Waals surface area contributed by atoms with Gasteiger partial charge >= 0.3 is 5.97 Å². The Morgan fingerprint density at radius 1 is 1.43 bits per heavy atom. The molecule has 1 rings (SSSR count). The predicted octanol–water partition coefficient (Wildman–Crippen LogP) is -0.487. The van der Waals surface area contributed by atoms with E-state index in [1.807, 2.05) is 13.8 Å². The lowest BCUT2D eigenvalue weighted by Gasteiger charge is -2.38. The Morgan fingerprint density at radius 3 is 2.29 bits per heavy atom. The first-order chi connectivity index (χ1) is 6.43. The second kappa shape index (κ2) is 3.96. The molecule has 1 heterocycles. The molecule has 0 saturated carbocycles. The lowest BCUT2D eigenvalue weighted by Crippen LogP contribution is -2.58. The number of carbonyl (C=O) groups is 2. The predicted molar refractivity (Wildman–Crippen MR) is 50.5 cm³/mol. The number of carboxylic acids is 1. The molecule has 0 unspecified atom stereocenters. The van der Waals surface area contributed by atoms with E-state index in [0.29, 0.717) is 13.1 Å². The summed E-state index contributed by atoms with van der Waals surface area (Å²) in [7, 11) is 0. The molecular formula is C9H16N2O3. The molecule has 14 heavy (non-hydrogen) atoms. The van der Waals surface area contributed by atoms with E-state index in [0.717, 1.165) is 0 Å². The number of rotatable bonds is 3. The van der Waals surface area contributed by atoms with Gasteiger partial charge in [-0.3, -0.25) is 9.59 Å². The highest BCUT2D eigenvalue weighted by Gasteiger charge is 2.37. The molecule has 1 aliphatic rings. The number of carboxylic acid groups (broad SMARTS) is 1. The van der Waals surface area contributed by atoms with Crippen LogP contribution in [0.5, 0.6) is 0 Å². The summed E-state index contributed by atoms with van der Waals surface area (Å²) in [5, 5.41) is 8.61. The molecule has 1 fully saturated rings. The molecule has 0 aromatic rings. The normalized spacial score (nSPS) is 19.3. The fraction of sp³-hybridized carbons (Fsp3) is 0.778. The van der Waals surface area contributed by atoms with Gasteiger partial charge in [-0.15, -0.1) is 0 Å². The van der Waals surface area contributed by atoms with E-state index < -0.39 is 17.9 Å². The summed E-state index contributed by atoms with van der Waals surface area (Å²) in [6.07, 6.45) is 0. The maximum atomic E-state index is 11.5. The van der Waals surface area contributed by atoms with Crippen molar-refractivity contribution in [2.45, 2.75) is 19.9 Å². The van der Waals surface area contributed by atoms with Crippen LogP contribution in [-0.2, 0) is 9.59 Å². The fourth-order valence-electron chi connectivity index (χ4n) is 1.31. The highest BCUT2D eigenvalue weighted by atomic mass is 16.4. The van der Waals surface area contributed by atoms with Crippen molar-refractivity contribution in [3.8, 4) is 0 Å². The Labute approximate surface area is 82.9 Å². The van der Waals surface area contributed by atoms with Gasteiger partial charge in [-0.25, -0.2) is 0 Å². The smallest absolute Gasteiger partial charge is 0.310 e. The summed E-state index contributed by atoms with van der Waals surface area (Å²) in [4.78, 5) is 23.5. The minimum Gasteiger partial charge on any atom is -0.481 e. The lowest BCUT2D eigenvalue weighted by atomic mass is 9.96. The van der Waals surface area contributed by atoms with Crippen molar-refractivity contribution in [2.24, 2.45) is 17.6 Å². The van der Waals surface area contributed by atoms with Crippen molar-refractivity contribution in [2.75, 3.05) is 13.1 Å². The van der Waals surface area contributed by atoms with Crippen LogP contribution in [0.4, 0.5) is 0 Å². The number of nitrogens with two attached hydrogens (primary N) is 1. The Balaban J connectivity index is 2.40. The van der Waals surface area contributed by atoms with Gasteiger partial charge in [0.25, 0.3) is 0 Å². The number of likely N-dealkylation sites (tertiary alicyclic amines) is 1. The van der Waals surface area contributed by atoms with E-state index >= 15 is 0 Å². The molecule has 1 atom stereocenters. The lowest BCUT2D eigenvalue weighted by molar-refractivity contribution is -0.153. The van der Waals surface area contributed by atoms with Crippen LogP contribution in [0.1, 0.15) is 13.8 Å². The van der Waals surface area contributed by atoms with Crippen LogP contribution in [0.2, 0.25) is 0 Å². The summed E-state index contributed by atoms with van der Waals surface area (Å²) < 4.78 is 0. The SMILES string of the molecule is CC(C)[C@H](N)C(=O)N1CC(C(=O)O)C1. The topological polar surface area (TPSA) is 83.6 Å². The van der Waals surface area contributed by atoms with Gasteiger partial charge in [-0.2, -0.15) is 0 Å². The summed E-state index contributed by atoms with van der Waals surface area (Å²) >= 11 is 0. The third-order valence-electron chi connectivity index (χ3n) is 2.55. The maximum Gasteiger partial charge on any atom is 0.310 e. The Morgan fingerprint density at radius 2 is 1.93 bits per heavy atom. The fourth-order valence-corrected chi connectivity index (χ4v) is 1.31. The van der Waals surface area contributed by atoms with Crippen molar-refractivity contribution < 1.29 is 14.7 Å². The Bertz CT molecular complexity index is 246. The molecule has 0 aromatic carbocycles. The summed E-state index contributed by atoms with van der Waals surface area (Å²) in [5.41, 5.74) is 5.65. The number of amides is 1. The van der Waals surface area contributed by atoms with E-state index in [-0.39, 0.29) is 11.8 Å². The zero-order valence-electron chi connectivity index (χ0n) is 8.43. The highest BCUT2D eigenvalue weighted by molar-refractivity contribution is 5.85. The number of carbonyl (C=O) groups excluding carboxylic acids is 1. The van der Waals surface area contributed by atoms with Crippen LogP contribution in [0, 0.1) is 11.8 Å². The molecule has 1 aliphatic heterocycles. The van der Waals surface area contributed by atoms with Crippen molar-refractivity contribution in [3.63, 3.8) is 0 Å². The summed E-state index contributed by atoms with van der Waals surface area (Å²) in [5.74, 6) is -1.30. The van der Waals surface area contributed by atoms with Gasteiger partial charge < -0.3 is 15.7 Å². The first-order valence-corrected chi connectivity index (χ1v) is 4.70. The van der Waals surface area contributed by atoms with Crippen LogP contribution in [0.3, 0.4) is 0 Å². The summed E-state index contributed by atoms with van der Waals surface area (Å²) in [6, 6.07) is -0.509. The van der Waals surface area contributed by atoms with E-state index in [1.54, 1.807) is 0 Å². The van der Waals surface area contributed by atoms with Crippen LogP contribution in [0.25, 0.3) is 0 Å². The zero-order chi connectivity index (χ0) is 10.9. The van der Waals surface area contributed by atoms with Crippen molar-refractivity contribution in [1.82, 2.24) is 4.90 Å². The van der Waals surface area contributed by atoms with Crippen LogP contribution < -0.4 is 5.73 Å². The largest absolute Gasteiger partial charge is 0.481 e. The third kappa shape index (κ3) is 2.04. The molecule has 5 heteroatoms. The van der Waals surface area contributed by atoms with Crippen LogP contribution in [0.15, 0.2) is 0 Å². The molecule has 0 radical (unpaired) electrons. The molecule has 0 spiro atoms. The number of hydrogen-bond donors (Lipinski definition) is 2. The molecule has 0 aliphatic carbocycles. The quantitative estimate of drug-likeness (QED) is 0.644. The Hall–Kier alpha value is -1.10. The number of nitrogens with zero attached hydrogens (tertiary/aromatic N) is 1. The molecule has 1 amide bonds. The first kappa shape index (κ1) is 11.0. The van der Waals surface area contributed by atoms with Gasteiger partial charge in [0, 0.05) is 13.1 Å². The van der Waals surface area contributed by atoms with Crippen molar-refractivity contribution in [1.29, 1.82) is 0 Å². The van der Waals surface area contributed by atoms with Crippen molar-refractivity contribution in [3.05, 3.63) is 0 Å². The van der Waals surface area contributed by atoms with E-state index in [1.165, 1.54) is 4.90 Å². The zero-order valence-corrected chi connectivity index (χ0v) is 8.43. The van der Waals surface area contributed by atoms with Crippen LogP contribution in [-0.4, -0.2) is 41.0 Å². The number of aliphatic carboxylic acids is 1. The van der Waals surface area contributed by atoms with E-state index in [9.17, 15) is 9.59 Å². The average molecular weight is 200 g/mol. The Kier molecular flexibility index (Phi) is 3.10. The monoisotopic (exact) mass is 200 g/mol.